The lowest BCUT2D eigenvalue weighted by Gasteiger charge is -2.61. The highest BCUT2D eigenvalue weighted by Crippen LogP contribution is 2.68. The van der Waals surface area contributed by atoms with Gasteiger partial charge in [-0.1, -0.05) is 84.8 Å². The topological polar surface area (TPSA) is 0 Å². The second kappa shape index (κ2) is 8.63. The van der Waals surface area contributed by atoms with Gasteiger partial charge >= 0.3 is 0 Å². The lowest BCUT2D eigenvalue weighted by molar-refractivity contribution is -0.101. The quantitative estimate of drug-likeness (QED) is 0.359. The molecule has 0 aromatic heterocycles. The van der Waals surface area contributed by atoms with Gasteiger partial charge in [-0.3, -0.25) is 0 Å². The highest BCUT2D eigenvalue weighted by atomic mass is 28.3. The van der Waals surface area contributed by atoms with Gasteiger partial charge in [-0.2, -0.15) is 0 Å². The van der Waals surface area contributed by atoms with Crippen LogP contribution >= 0.6 is 0 Å². The summed E-state index contributed by atoms with van der Waals surface area (Å²) in [5, 5.41) is 1.89. The Balaban J connectivity index is 1.48. The average molecular weight is 443 g/mol. The molecule has 0 aliphatic heterocycles. The molecule has 0 bridgehead atoms. The van der Waals surface area contributed by atoms with E-state index in [2.05, 4.69) is 60.3 Å². The maximum atomic E-state index is 2.76. The molecular formula is C30H54Si. The number of rotatable bonds is 6. The normalized spacial score (nSPS) is 43.8. The number of allylic oxidation sites excluding steroid dienone is 2. The molecule has 4 aliphatic carbocycles. The van der Waals surface area contributed by atoms with Crippen molar-refractivity contribution < 1.29 is 0 Å². The van der Waals surface area contributed by atoms with Crippen LogP contribution in [0, 0.1) is 52.3 Å². The molecule has 0 N–H and O–H groups in total. The van der Waals surface area contributed by atoms with Crippen molar-refractivity contribution >= 4 is 8.07 Å². The van der Waals surface area contributed by atoms with Gasteiger partial charge in [-0.05, 0) is 104 Å². The van der Waals surface area contributed by atoms with Crippen molar-refractivity contribution in [3.8, 4) is 0 Å². The van der Waals surface area contributed by atoms with Gasteiger partial charge in [0.1, 0.15) is 0 Å². The summed E-state index contributed by atoms with van der Waals surface area (Å²) in [6.07, 6.45) is 19.2. The van der Waals surface area contributed by atoms with Gasteiger partial charge in [0.15, 0.2) is 0 Å². The molecule has 4 aliphatic rings. The average Bonchev–Trinajstić information content (AvgIpc) is 3.03. The lowest BCUT2D eigenvalue weighted by Crippen LogP contribution is -2.53. The highest BCUT2D eigenvalue weighted by molar-refractivity contribution is 6.83. The van der Waals surface area contributed by atoms with Crippen LogP contribution in [0.2, 0.25) is 19.6 Å². The second-order valence-electron chi connectivity index (χ2n) is 14.6. The largest absolute Gasteiger partial charge is 0.0886 e. The second-order valence-corrected chi connectivity index (χ2v) is 19.7. The fourth-order valence-corrected chi connectivity index (χ4v) is 11.1. The monoisotopic (exact) mass is 442 g/mol. The molecule has 0 unspecified atom stereocenters. The molecule has 3 saturated carbocycles. The molecule has 4 rings (SSSR count). The third-order valence-electron chi connectivity index (χ3n) is 11.5. The molecule has 0 spiro atoms. The van der Waals surface area contributed by atoms with E-state index in [9.17, 15) is 0 Å². The van der Waals surface area contributed by atoms with Crippen molar-refractivity contribution in [3.05, 3.63) is 11.3 Å². The Labute approximate surface area is 196 Å². The van der Waals surface area contributed by atoms with Crippen molar-refractivity contribution in [1.29, 1.82) is 0 Å². The molecule has 31 heavy (non-hydrogen) atoms. The van der Waals surface area contributed by atoms with E-state index in [0.29, 0.717) is 10.8 Å². The molecule has 0 nitrogen and oxygen atoms in total. The summed E-state index contributed by atoms with van der Waals surface area (Å²) in [5.74, 6) is 6.88. The van der Waals surface area contributed by atoms with Crippen molar-refractivity contribution in [2.75, 3.05) is 0 Å². The van der Waals surface area contributed by atoms with Crippen LogP contribution in [0.1, 0.15) is 105 Å². The third kappa shape index (κ3) is 4.28. The zero-order valence-corrected chi connectivity index (χ0v) is 23.4. The third-order valence-corrected chi connectivity index (χ3v) is 13.8. The van der Waals surface area contributed by atoms with Crippen LogP contribution in [-0.2, 0) is 0 Å². The van der Waals surface area contributed by atoms with Crippen molar-refractivity contribution in [2.24, 2.45) is 52.3 Å². The maximum absolute atomic E-state index is 2.76. The van der Waals surface area contributed by atoms with Gasteiger partial charge in [-0.15, -0.1) is 0 Å². The molecule has 8 atom stereocenters. The molecule has 0 heterocycles. The van der Waals surface area contributed by atoms with E-state index in [1.165, 1.54) is 57.8 Å². The maximum Gasteiger partial charge on any atom is 0.0720 e. The zero-order chi connectivity index (χ0) is 22.6. The number of fused-ring (bicyclic) bond motifs is 5. The predicted molar refractivity (Wildman–Crippen MR) is 140 cm³/mol. The predicted octanol–water partition coefficient (Wildman–Crippen LogP) is 9.52. The molecule has 0 amide bonds. The molecule has 0 aromatic rings. The first-order chi connectivity index (χ1) is 14.5. The number of hydrogen-bond acceptors (Lipinski definition) is 0. The Morgan fingerprint density at radius 3 is 2.29 bits per heavy atom. The summed E-state index contributed by atoms with van der Waals surface area (Å²) in [7, 11) is -1.12. The Morgan fingerprint density at radius 2 is 1.61 bits per heavy atom. The van der Waals surface area contributed by atoms with E-state index in [1.807, 2.05) is 5.20 Å². The van der Waals surface area contributed by atoms with Gasteiger partial charge in [0, 0.05) is 0 Å². The van der Waals surface area contributed by atoms with E-state index in [4.69, 9.17) is 0 Å². The summed E-state index contributed by atoms with van der Waals surface area (Å²) >= 11 is 0. The van der Waals surface area contributed by atoms with Gasteiger partial charge in [0.2, 0.25) is 0 Å². The first-order valence-electron chi connectivity index (χ1n) is 14.2. The van der Waals surface area contributed by atoms with Gasteiger partial charge < -0.3 is 0 Å². The summed E-state index contributed by atoms with van der Waals surface area (Å²) < 4.78 is 0. The number of hydrogen-bond donors (Lipinski definition) is 0. The van der Waals surface area contributed by atoms with Crippen LogP contribution in [0.4, 0.5) is 0 Å². The van der Waals surface area contributed by atoms with Gasteiger partial charge in [0.05, 0.1) is 8.07 Å². The van der Waals surface area contributed by atoms with E-state index >= 15 is 0 Å². The SMILES string of the molecule is CC(C)CCC[C@H](C)[C@@H]1CC[C@@H]2[C@@H]3CC[C@@H]4CC([Si](C)(C)C)=CC[C@]4(C)[C@H]3CC[C@@]21C. The Morgan fingerprint density at radius 1 is 0.903 bits per heavy atom. The van der Waals surface area contributed by atoms with Crippen LogP contribution in [-0.4, -0.2) is 8.07 Å². The fourth-order valence-electron chi connectivity index (χ4n) is 9.52. The zero-order valence-electron chi connectivity index (χ0n) is 22.4. The Bertz CT molecular complexity index is 668. The van der Waals surface area contributed by atoms with Gasteiger partial charge in [0.25, 0.3) is 0 Å². The van der Waals surface area contributed by atoms with E-state index in [1.54, 1.807) is 12.8 Å². The van der Waals surface area contributed by atoms with Crippen LogP contribution in [0.5, 0.6) is 0 Å². The van der Waals surface area contributed by atoms with Crippen molar-refractivity contribution in [1.82, 2.24) is 0 Å². The molecule has 0 radical (unpaired) electrons. The van der Waals surface area contributed by atoms with Crippen LogP contribution in [0.3, 0.4) is 0 Å². The molecule has 0 saturated heterocycles. The summed E-state index contributed by atoms with van der Waals surface area (Å²) in [4.78, 5) is 0. The molecule has 3 fully saturated rings. The standard InChI is InChI=1S/C30H54Si/c1-21(2)10-9-11-22(3)26-14-15-27-25-13-12-23-20-24(31(6,7)8)16-18-29(23,4)28(25)17-19-30(26,27)5/h16,21-23,25-28H,9-15,17-20H2,1-8H3/t22-,23+,25-,26-,27+,28-,29-,30+/m0/s1. The molecular weight excluding hydrogens is 388 g/mol. The first kappa shape index (κ1) is 24.1. The van der Waals surface area contributed by atoms with Gasteiger partial charge in [-0.25, -0.2) is 0 Å². The summed E-state index contributed by atoms with van der Waals surface area (Å²) in [6.45, 7) is 20.6. The van der Waals surface area contributed by atoms with E-state index in [0.717, 1.165) is 41.4 Å². The summed E-state index contributed by atoms with van der Waals surface area (Å²) in [6, 6.07) is 0. The van der Waals surface area contributed by atoms with Crippen LogP contribution in [0.15, 0.2) is 11.3 Å². The minimum Gasteiger partial charge on any atom is -0.0886 e. The Kier molecular flexibility index (Phi) is 6.71. The fraction of sp³-hybridized carbons (Fsp3) is 0.933. The Hall–Kier alpha value is -0.0431. The minimum absolute atomic E-state index is 0.606. The molecule has 1 heteroatoms. The molecule has 178 valence electrons. The van der Waals surface area contributed by atoms with Crippen LogP contribution < -0.4 is 0 Å². The smallest absolute Gasteiger partial charge is 0.0720 e. The van der Waals surface area contributed by atoms with Crippen molar-refractivity contribution in [2.45, 2.75) is 125 Å². The van der Waals surface area contributed by atoms with E-state index < -0.39 is 8.07 Å². The van der Waals surface area contributed by atoms with Crippen molar-refractivity contribution in [3.63, 3.8) is 0 Å². The summed E-state index contributed by atoms with van der Waals surface area (Å²) in [5.41, 5.74) is 1.25. The first-order valence-corrected chi connectivity index (χ1v) is 17.7. The van der Waals surface area contributed by atoms with E-state index in [-0.39, 0.29) is 0 Å². The lowest BCUT2D eigenvalue weighted by atomic mass is 9.45. The molecule has 0 aromatic carbocycles. The minimum atomic E-state index is -1.12. The van der Waals surface area contributed by atoms with Crippen LogP contribution in [0.25, 0.3) is 0 Å². The highest BCUT2D eigenvalue weighted by Gasteiger charge is 2.60.